The smallest absolute Gasteiger partial charge is 0.335 e. The van der Waals surface area contributed by atoms with E-state index >= 15 is 0 Å². The van der Waals surface area contributed by atoms with Crippen LogP contribution in [0.3, 0.4) is 0 Å². The number of aryl methyl sites for hydroxylation is 2. The van der Waals surface area contributed by atoms with Crippen molar-refractivity contribution in [2.45, 2.75) is 23.9 Å². The molecule has 2 heterocycles. The summed E-state index contributed by atoms with van der Waals surface area (Å²) < 4.78 is 26.6. The van der Waals surface area contributed by atoms with Gasteiger partial charge in [-0.1, -0.05) is 11.6 Å². The number of sulfone groups is 1. The number of amides is 2. The van der Waals surface area contributed by atoms with Gasteiger partial charge in [-0.3, -0.25) is 14.3 Å². The lowest BCUT2D eigenvalue weighted by atomic mass is 10.1. The average Bonchev–Trinajstić information content (AvgIpc) is 3.60. The summed E-state index contributed by atoms with van der Waals surface area (Å²) in [5, 5.41) is 30.2. The van der Waals surface area contributed by atoms with Crippen LogP contribution in [0.1, 0.15) is 28.0 Å². The third kappa shape index (κ3) is 7.64. The second kappa shape index (κ2) is 12.7. The minimum atomic E-state index is -3.52. The van der Waals surface area contributed by atoms with Gasteiger partial charge in [-0.05, 0) is 77.9 Å². The van der Waals surface area contributed by atoms with Gasteiger partial charge < -0.3 is 15.7 Å². The Hall–Kier alpha value is -4.89. The molecule has 2 aromatic carbocycles. The van der Waals surface area contributed by atoms with Crippen LogP contribution in [0.5, 0.6) is 0 Å². The number of halogens is 1. The number of carbonyl (C=O) groups is 3. The number of hydrogen-bond acceptors (Lipinski definition) is 9. The molecule has 42 heavy (non-hydrogen) atoms. The van der Waals surface area contributed by atoms with E-state index in [9.17, 15) is 22.8 Å². The summed E-state index contributed by atoms with van der Waals surface area (Å²) in [5.41, 5.74) is 1.87. The molecule has 4 rings (SSSR count). The number of nitrogens with zero attached hydrogens (tertiary/aromatic N) is 6. The molecular weight excluding hydrogens is 588 g/mol. The van der Waals surface area contributed by atoms with Crippen LogP contribution < -0.4 is 10.6 Å². The fourth-order valence-corrected chi connectivity index (χ4v) is 5.04. The van der Waals surface area contributed by atoms with E-state index in [-0.39, 0.29) is 23.4 Å². The summed E-state index contributed by atoms with van der Waals surface area (Å²) in [7, 11) is -2.02. The quantitative estimate of drug-likeness (QED) is 0.211. The predicted octanol–water partition coefficient (Wildman–Crippen LogP) is 1.92. The summed E-state index contributed by atoms with van der Waals surface area (Å²) in [6.45, 7) is 0. The zero-order chi connectivity index (χ0) is 30.4. The number of benzene rings is 2. The third-order valence-electron chi connectivity index (χ3n) is 5.99. The lowest BCUT2D eigenvalue weighted by Crippen LogP contribution is -2.43. The van der Waals surface area contributed by atoms with E-state index < -0.39 is 33.7 Å². The lowest BCUT2D eigenvalue weighted by molar-refractivity contribution is -0.123. The zero-order valence-corrected chi connectivity index (χ0v) is 23.9. The van der Waals surface area contributed by atoms with E-state index in [1.165, 1.54) is 65.2 Å². The highest BCUT2D eigenvalue weighted by Gasteiger charge is 2.22. The lowest BCUT2D eigenvalue weighted by Gasteiger charge is -2.17. The van der Waals surface area contributed by atoms with Gasteiger partial charge in [0.05, 0.1) is 16.9 Å². The van der Waals surface area contributed by atoms with Crippen molar-refractivity contribution in [3.8, 4) is 5.69 Å². The van der Waals surface area contributed by atoms with Crippen LogP contribution in [0.4, 0.5) is 5.69 Å². The predicted molar refractivity (Wildman–Crippen MR) is 152 cm³/mol. The molecule has 0 spiro atoms. The van der Waals surface area contributed by atoms with Gasteiger partial charge in [-0.25, -0.2) is 13.2 Å². The molecule has 0 aliphatic heterocycles. The number of carboxylic acid groups (broad SMARTS) is 1. The topological polar surface area (TPSA) is 191 Å². The van der Waals surface area contributed by atoms with Crippen molar-refractivity contribution in [3.63, 3.8) is 0 Å². The first-order valence-corrected chi connectivity index (χ1v) is 14.6. The van der Waals surface area contributed by atoms with Crippen molar-refractivity contribution >= 4 is 51.0 Å². The van der Waals surface area contributed by atoms with Crippen LogP contribution >= 0.6 is 11.6 Å². The van der Waals surface area contributed by atoms with Crippen LogP contribution in [0.15, 0.2) is 66.0 Å². The van der Waals surface area contributed by atoms with Crippen LogP contribution in [0.2, 0.25) is 5.02 Å². The number of hydrogen-bond donors (Lipinski definition) is 3. The number of carbonyl (C=O) groups excluding carboxylic acids is 2. The first-order chi connectivity index (χ1) is 19.9. The van der Waals surface area contributed by atoms with E-state index in [0.29, 0.717) is 27.7 Å². The Morgan fingerprint density at radius 1 is 1.12 bits per heavy atom. The number of aromatic carboxylic acids is 1. The molecule has 0 aliphatic carbocycles. The van der Waals surface area contributed by atoms with Gasteiger partial charge in [0.1, 0.15) is 12.4 Å². The Bertz CT molecular complexity index is 1750. The zero-order valence-electron chi connectivity index (χ0n) is 22.3. The molecule has 0 fully saturated rings. The fourth-order valence-electron chi connectivity index (χ4n) is 3.99. The summed E-state index contributed by atoms with van der Waals surface area (Å²) in [4.78, 5) is 37.3. The molecular formula is C26H25ClN8O6S. The van der Waals surface area contributed by atoms with Crippen molar-refractivity contribution in [1.29, 1.82) is 0 Å². The minimum absolute atomic E-state index is 0.0175. The maximum absolute atomic E-state index is 13.2. The normalized spacial score (nSPS) is 12.3. The van der Waals surface area contributed by atoms with Gasteiger partial charge in [0.15, 0.2) is 14.9 Å². The fraction of sp³-hybridized carbons (Fsp3) is 0.192. The van der Waals surface area contributed by atoms with E-state index in [1.54, 1.807) is 18.2 Å². The molecule has 2 amide bonds. The Balaban J connectivity index is 1.53. The number of aromatic nitrogens is 6. The molecule has 0 unspecified atom stereocenters. The number of carboxylic acids is 1. The highest BCUT2D eigenvalue weighted by molar-refractivity contribution is 7.90. The molecule has 3 N–H and O–H groups in total. The van der Waals surface area contributed by atoms with E-state index in [4.69, 9.17) is 16.7 Å². The molecule has 0 saturated carbocycles. The monoisotopic (exact) mass is 612 g/mol. The van der Waals surface area contributed by atoms with Crippen molar-refractivity contribution in [1.82, 2.24) is 35.3 Å². The first-order valence-electron chi connectivity index (χ1n) is 12.3. The number of nitrogens with one attached hydrogen (secondary N) is 2. The maximum Gasteiger partial charge on any atom is 0.335 e. The summed E-state index contributed by atoms with van der Waals surface area (Å²) in [5.74, 6) is -2.29. The van der Waals surface area contributed by atoms with Crippen molar-refractivity contribution < 1.29 is 27.9 Å². The molecule has 1 atom stereocenters. The first kappa shape index (κ1) is 30.1. The van der Waals surface area contributed by atoms with Crippen molar-refractivity contribution in [3.05, 3.63) is 82.8 Å². The molecule has 14 nitrogen and oxygen atoms in total. The molecule has 0 saturated heterocycles. The third-order valence-corrected chi connectivity index (χ3v) is 7.37. The van der Waals surface area contributed by atoms with Crippen LogP contribution in [0, 0.1) is 0 Å². The highest BCUT2D eigenvalue weighted by atomic mass is 35.5. The standard InChI is InChI=1S/C26H25ClN8O6S/c1-34-24(42(2,40)41)14-20(31-34)9-10-21(25(37)29-19-7-3-16(4-8-19)26(38)39)30-23(36)12-5-17-13-18(27)6-11-22(17)35-15-28-32-33-35/h3-8,11-15,21H,9-10H2,1-2H3,(H,29,37)(H,30,36)(H,38,39)/b12-5+/t21-/m0/s1. The number of rotatable bonds is 11. The Morgan fingerprint density at radius 3 is 2.48 bits per heavy atom. The average molecular weight is 613 g/mol. The minimum Gasteiger partial charge on any atom is -0.478 e. The second-order valence-electron chi connectivity index (χ2n) is 9.13. The molecule has 0 bridgehead atoms. The van der Waals surface area contributed by atoms with Crippen LogP contribution in [-0.2, 0) is 32.9 Å². The van der Waals surface area contributed by atoms with Crippen LogP contribution in [-0.4, -0.2) is 73.6 Å². The Morgan fingerprint density at radius 2 is 1.86 bits per heavy atom. The van der Waals surface area contributed by atoms with Gasteiger partial charge in [0.25, 0.3) is 0 Å². The Labute approximate surface area is 244 Å². The van der Waals surface area contributed by atoms with Gasteiger partial charge in [-0.2, -0.15) is 9.78 Å². The van der Waals surface area contributed by atoms with E-state index in [1.807, 2.05) is 0 Å². The van der Waals surface area contributed by atoms with E-state index in [2.05, 4.69) is 31.3 Å². The molecule has 16 heteroatoms. The largest absolute Gasteiger partial charge is 0.478 e. The molecule has 4 aromatic rings. The summed E-state index contributed by atoms with van der Waals surface area (Å²) in [6, 6.07) is 10.8. The summed E-state index contributed by atoms with van der Waals surface area (Å²) in [6.07, 6.45) is 5.42. The van der Waals surface area contributed by atoms with Crippen molar-refractivity contribution in [2.75, 3.05) is 11.6 Å². The Kier molecular flexibility index (Phi) is 9.12. The molecule has 2 aromatic heterocycles. The van der Waals surface area contributed by atoms with Gasteiger partial charge in [0, 0.05) is 35.7 Å². The molecule has 0 aliphatic rings. The second-order valence-corrected chi connectivity index (χ2v) is 11.5. The molecule has 0 radical (unpaired) electrons. The maximum atomic E-state index is 13.2. The van der Waals surface area contributed by atoms with Crippen molar-refractivity contribution in [2.24, 2.45) is 7.05 Å². The number of anilines is 1. The highest BCUT2D eigenvalue weighted by Crippen LogP contribution is 2.20. The van der Waals surface area contributed by atoms with Gasteiger partial charge >= 0.3 is 5.97 Å². The van der Waals surface area contributed by atoms with Gasteiger partial charge in [-0.15, -0.1) is 5.10 Å². The SMILES string of the molecule is Cn1nc(CC[C@H](NC(=O)/C=C/c2cc(Cl)ccc2-n2cnnn2)C(=O)Nc2ccc(C(=O)O)cc2)cc1S(C)(=O)=O. The van der Waals surface area contributed by atoms with Crippen LogP contribution in [0.25, 0.3) is 11.8 Å². The molecule has 218 valence electrons. The van der Waals surface area contributed by atoms with E-state index in [0.717, 1.165) is 6.26 Å². The van der Waals surface area contributed by atoms with Gasteiger partial charge in [0.2, 0.25) is 11.8 Å². The summed E-state index contributed by atoms with van der Waals surface area (Å²) >= 11 is 6.14. The number of tetrazole rings is 1.